The molecule has 6 nitrogen and oxygen atoms in total. The Morgan fingerprint density at radius 2 is 2.17 bits per heavy atom. The van der Waals surface area contributed by atoms with Gasteiger partial charge in [-0.15, -0.1) is 0 Å². The average molecular weight is 309 g/mol. The lowest BCUT2D eigenvalue weighted by atomic mass is 9.97. The first-order valence-electron chi connectivity index (χ1n) is 7.94. The van der Waals surface area contributed by atoms with E-state index in [1.54, 1.807) is 16.9 Å². The Kier molecular flexibility index (Phi) is 3.37. The van der Waals surface area contributed by atoms with Gasteiger partial charge in [0.25, 0.3) is 5.91 Å². The number of carbonyl (C=O) groups is 1. The van der Waals surface area contributed by atoms with E-state index in [2.05, 4.69) is 10.1 Å². The quantitative estimate of drug-likeness (QED) is 0.790. The van der Waals surface area contributed by atoms with Crippen molar-refractivity contribution in [3.63, 3.8) is 0 Å². The first-order valence-corrected chi connectivity index (χ1v) is 7.94. The molecule has 0 unspecified atom stereocenters. The number of rotatable bonds is 2. The molecular weight excluding hydrogens is 290 g/mol. The van der Waals surface area contributed by atoms with E-state index in [1.807, 2.05) is 36.2 Å². The molecule has 1 saturated heterocycles. The standard InChI is InChI=1S/C17H19N5O/c1-21-10-8-15(20-21)17(23)22-9-4-5-12(11-22)16-18-13-6-2-3-7-14(13)19-16/h2-3,6-8,10,12H,4-5,9,11H2,1H3,(H,18,19)/t12-/m0/s1. The van der Waals surface area contributed by atoms with E-state index in [9.17, 15) is 4.79 Å². The third kappa shape index (κ3) is 2.60. The maximum absolute atomic E-state index is 12.6. The van der Waals surface area contributed by atoms with Crippen molar-refractivity contribution in [2.24, 2.45) is 7.05 Å². The highest BCUT2D eigenvalue weighted by Crippen LogP contribution is 2.27. The largest absolute Gasteiger partial charge is 0.342 e. The van der Waals surface area contributed by atoms with Crippen LogP contribution in [0.2, 0.25) is 0 Å². The molecule has 23 heavy (non-hydrogen) atoms. The summed E-state index contributed by atoms with van der Waals surface area (Å²) in [7, 11) is 1.82. The Balaban J connectivity index is 1.55. The number of benzene rings is 1. The van der Waals surface area contributed by atoms with E-state index in [0.717, 1.165) is 36.2 Å². The second-order valence-corrected chi connectivity index (χ2v) is 6.10. The normalized spacial score (nSPS) is 18.5. The predicted molar refractivity (Wildman–Crippen MR) is 87.2 cm³/mol. The van der Waals surface area contributed by atoms with E-state index >= 15 is 0 Å². The molecule has 4 rings (SSSR count). The van der Waals surface area contributed by atoms with Gasteiger partial charge in [-0.05, 0) is 31.0 Å². The third-order valence-corrected chi connectivity index (χ3v) is 4.44. The summed E-state index contributed by atoms with van der Waals surface area (Å²) in [6.45, 7) is 1.47. The minimum absolute atomic E-state index is 0.00594. The van der Waals surface area contributed by atoms with Crippen molar-refractivity contribution < 1.29 is 4.79 Å². The molecule has 6 heteroatoms. The van der Waals surface area contributed by atoms with Gasteiger partial charge in [-0.3, -0.25) is 9.48 Å². The van der Waals surface area contributed by atoms with Crippen LogP contribution in [0.3, 0.4) is 0 Å². The van der Waals surface area contributed by atoms with Crippen molar-refractivity contribution in [1.29, 1.82) is 0 Å². The number of hydrogen-bond donors (Lipinski definition) is 1. The lowest BCUT2D eigenvalue weighted by Gasteiger charge is -2.31. The number of aromatic amines is 1. The van der Waals surface area contributed by atoms with Gasteiger partial charge in [0.15, 0.2) is 0 Å². The van der Waals surface area contributed by atoms with Crippen molar-refractivity contribution in [2.45, 2.75) is 18.8 Å². The number of piperidine rings is 1. The highest BCUT2D eigenvalue weighted by molar-refractivity contribution is 5.92. The molecule has 0 bridgehead atoms. The monoisotopic (exact) mass is 309 g/mol. The minimum Gasteiger partial charge on any atom is -0.342 e. The number of carbonyl (C=O) groups excluding carboxylic acids is 1. The van der Waals surface area contributed by atoms with E-state index in [4.69, 9.17) is 4.98 Å². The fraction of sp³-hybridized carbons (Fsp3) is 0.353. The highest BCUT2D eigenvalue weighted by atomic mass is 16.2. The Labute approximate surface area is 134 Å². The van der Waals surface area contributed by atoms with Crippen LogP contribution in [0.4, 0.5) is 0 Å². The molecule has 118 valence electrons. The summed E-state index contributed by atoms with van der Waals surface area (Å²) in [6, 6.07) is 9.81. The van der Waals surface area contributed by atoms with Crippen molar-refractivity contribution in [3.8, 4) is 0 Å². The molecule has 0 saturated carbocycles. The first-order chi connectivity index (χ1) is 11.2. The Bertz CT molecular complexity index is 816. The Morgan fingerprint density at radius 1 is 1.30 bits per heavy atom. The number of para-hydroxylation sites is 2. The fourth-order valence-corrected chi connectivity index (χ4v) is 3.24. The number of H-pyrrole nitrogens is 1. The summed E-state index contributed by atoms with van der Waals surface area (Å²) in [5.74, 6) is 1.24. The lowest BCUT2D eigenvalue weighted by molar-refractivity contribution is 0.0698. The zero-order chi connectivity index (χ0) is 15.8. The SMILES string of the molecule is Cn1ccc(C(=O)N2CCC[C@H](c3nc4ccccc4[nH]3)C2)n1. The van der Waals surface area contributed by atoms with Crippen LogP contribution >= 0.6 is 0 Å². The zero-order valence-corrected chi connectivity index (χ0v) is 13.1. The molecule has 0 spiro atoms. The van der Waals surface area contributed by atoms with Gasteiger partial charge in [0.2, 0.25) is 0 Å². The minimum atomic E-state index is 0.00594. The Hall–Kier alpha value is -2.63. The van der Waals surface area contributed by atoms with Crippen LogP contribution in [0.5, 0.6) is 0 Å². The second-order valence-electron chi connectivity index (χ2n) is 6.10. The number of aromatic nitrogens is 4. The number of fused-ring (bicyclic) bond motifs is 1. The molecule has 1 amide bonds. The molecule has 0 aliphatic carbocycles. The number of imidazole rings is 1. The van der Waals surface area contributed by atoms with Crippen molar-refractivity contribution in [1.82, 2.24) is 24.6 Å². The number of aryl methyl sites for hydroxylation is 1. The summed E-state index contributed by atoms with van der Waals surface area (Å²) in [5.41, 5.74) is 2.55. The maximum atomic E-state index is 12.6. The van der Waals surface area contributed by atoms with Gasteiger partial charge >= 0.3 is 0 Å². The van der Waals surface area contributed by atoms with Gasteiger partial charge in [0, 0.05) is 32.3 Å². The van der Waals surface area contributed by atoms with Crippen LogP contribution in [0, 0.1) is 0 Å². The van der Waals surface area contributed by atoms with Crippen molar-refractivity contribution in [3.05, 3.63) is 48.0 Å². The summed E-state index contributed by atoms with van der Waals surface area (Å²) in [5, 5.41) is 4.22. The number of amides is 1. The summed E-state index contributed by atoms with van der Waals surface area (Å²) >= 11 is 0. The van der Waals surface area contributed by atoms with Crippen molar-refractivity contribution >= 4 is 16.9 Å². The number of hydrogen-bond acceptors (Lipinski definition) is 3. The molecule has 1 aliphatic rings. The summed E-state index contributed by atoms with van der Waals surface area (Å²) < 4.78 is 1.66. The third-order valence-electron chi connectivity index (χ3n) is 4.44. The number of likely N-dealkylation sites (tertiary alicyclic amines) is 1. The van der Waals surface area contributed by atoms with Crippen LogP contribution < -0.4 is 0 Å². The van der Waals surface area contributed by atoms with Crippen LogP contribution in [0.1, 0.15) is 35.1 Å². The van der Waals surface area contributed by atoms with E-state index in [1.165, 1.54) is 0 Å². The molecule has 3 heterocycles. The molecular formula is C17H19N5O. The summed E-state index contributed by atoms with van der Waals surface area (Å²) in [4.78, 5) is 22.6. The molecule has 1 aromatic carbocycles. The van der Waals surface area contributed by atoms with E-state index < -0.39 is 0 Å². The van der Waals surface area contributed by atoms with Gasteiger partial charge < -0.3 is 9.88 Å². The molecule has 3 aromatic rings. The van der Waals surface area contributed by atoms with Gasteiger partial charge in [-0.1, -0.05) is 12.1 Å². The van der Waals surface area contributed by atoms with Gasteiger partial charge in [0.05, 0.1) is 11.0 Å². The van der Waals surface area contributed by atoms with Gasteiger partial charge in [-0.25, -0.2) is 4.98 Å². The van der Waals surface area contributed by atoms with Crippen molar-refractivity contribution in [2.75, 3.05) is 13.1 Å². The molecule has 1 fully saturated rings. The lowest BCUT2D eigenvalue weighted by Crippen LogP contribution is -2.39. The molecule has 1 atom stereocenters. The van der Waals surface area contributed by atoms with Crippen LogP contribution in [0.15, 0.2) is 36.5 Å². The molecule has 1 N–H and O–H groups in total. The average Bonchev–Trinajstić information content (AvgIpc) is 3.20. The molecule has 1 aliphatic heterocycles. The first kappa shape index (κ1) is 14.0. The van der Waals surface area contributed by atoms with Crippen LogP contribution in [-0.4, -0.2) is 43.6 Å². The predicted octanol–water partition coefficient (Wildman–Crippen LogP) is 2.32. The van der Waals surface area contributed by atoms with Crippen LogP contribution in [-0.2, 0) is 7.05 Å². The van der Waals surface area contributed by atoms with Gasteiger partial charge in [0.1, 0.15) is 11.5 Å². The maximum Gasteiger partial charge on any atom is 0.274 e. The highest BCUT2D eigenvalue weighted by Gasteiger charge is 2.28. The zero-order valence-electron chi connectivity index (χ0n) is 13.1. The second kappa shape index (κ2) is 5.53. The number of nitrogens with zero attached hydrogens (tertiary/aromatic N) is 4. The smallest absolute Gasteiger partial charge is 0.274 e. The molecule has 2 aromatic heterocycles. The van der Waals surface area contributed by atoms with Crippen LogP contribution in [0.25, 0.3) is 11.0 Å². The van der Waals surface area contributed by atoms with E-state index in [0.29, 0.717) is 12.2 Å². The molecule has 0 radical (unpaired) electrons. The Morgan fingerprint density at radius 3 is 2.96 bits per heavy atom. The van der Waals surface area contributed by atoms with Gasteiger partial charge in [-0.2, -0.15) is 5.10 Å². The summed E-state index contributed by atoms with van der Waals surface area (Å²) in [6.07, 6.45) is 3.83. The topological polar surface area (TPSA) is 66.8 Å². The van der Waals surface area contributed by atoms with E-state index in [-0.39, 0.29) is 11.8 Å². The fourth-order valence-electron chi connectivity index (χ4n) is 3.24. The number of nitrogens with one attached hydrogen (secondary N) is 1.